The Morgan fingerprint density at radius 1 is 1.05 bits per heavy atom. The van der Waals surface area contributed by atoms with E-state index in [0.717, 1.165) is 24.8 Å². The molecule has 0 bridgehead atoms. The number of nitro benzene ring substituents is 1. The molecular formula is C29H29NO7. The summed E-state index contributed by atoms with van der Waals surface area (Å²) in [5.41, 5.74) is 2.85. The number of carbonyl (C=O) groups excluding carboxylic acids is 2. The Morgan fingerprint density at radius 2 is 1.78 bits per heavy atom. The third-order valence-corrected chi connectivity index (χ3v) is 6.43. The van der Waals surface area contributed by atoms with Gasteiger partial charge in [-0.05, 0) is 56.0 Å². The number of nitrogens with zero attached hydrogens (tertiary/aromatic N) is 1. The number of aryl methyl sites for hydroxylation is 2. The molecule has 4 rings (SSSR count). The third kappa shape index (κ3) is 5.18. The fraction of sp³-hybridized carbons (Fsp3) is 0.310. The number of hydrogen-bond acceptors (Lipinski definition) is 7. The van der Waals surface area contributed by atoms with Gasteiger partial charge in [0.1, 0.15) is 17.1 Å². The minimum absolute atomic E-state index is 0.0500. The number of benzene rings is 3. The molecule has 1 N–H and O–H groups in total. The molecule has 1 atom stereocenters. The number of nitro groups is 1. The Balaban J connectivity index is 1.95. The fourth-order valence-corrected chi connectivity index (χ4v) is 4.71. The van der Waals surface area contributed by atoms with Crippen LogP contribution in [-0.4, -0.2) is 21.8 Å². The van der Waals surface area contributed by atoms with Crippen LogP contribution < -0.4 is 4.74 Å². The van der Waals surface area contributed by atoms with Gasteiger partial charge in [-0.2, -0.15) is 0 Å². The van der Waals surface area contributed by atoms with Crippen LogP contribution in [-0.2, 0) is 21.7 Å². The van der Waals surface area contributed by atoms with E-state index in [1.165, 1.54) is 31.2 Å². The second-order valence-electron chi connectivity index (χ2n) is 9.39. The number of non-ortho nitro benzene ring substituents is 1. The quantitative estimate of drug-likeness (QED) is 0.156. The summed E-state index contributed by atoms with van der Waals surface area (Å²) in [4.78, 5) is 36.6. The van der Waals surface area contributed by atoms with Crippen molar-refractivity contribution in [3.8, 4) is 22.6 Å². The maximum Gasteiger partial charge on any atom is 0.345 e. The minimum atomic E-state index is -1.85. The van der Waals surface area contributed by atoms with Crippen molar-refractivity contribution >= 4 is 17.4 Å². The van der Waals surface area contributed by atoms with Gasteiger partial charge in [0.25, 0.3) is 11.5 Å². The highest BCUT2D eigenvalue weighted by Gasteiger charge is 2.47. The largest absolute Gasteiger partial charge is 0.507 e. The van der Waals surface area contributed by atoms with E-state index < -0.39 is 16.7 Å². The molecule has 8 nitrogen and oxygen atoms in total. The maximum atomic E-state index is 13.6. The monoisotopic (exact) mass is 503 g/mol. The lowest BCUT2D eigenvalue weighted by Gasteiger charge is -2.39. The molecular weight excluding hydrogens is 474 g/mol. The molecule has 1 unspecified atom stereocenters. The summed E-state index contributed by atoms with van der Waals surface area (Å²) in [6.45, 7) is 5.34. The van der Waals surface area contributed by atoms with Crippen LogP contribution in [0.5, 0.6) is 11.5 Å². The summed E-state index contributed by atoms with van der Waals surface area (Å²) >= 11 is 0. The number of Topliss-reactive ketones (excluding diaryl/α,β-unsaturated/α-hetero) is 1. The number of aromatic hydroxyl groups is 1. The van der Waals surface area contributed by atoms with E-state index in [1.54, 1.807) is 12.1 Å². The van der Waals surface area contributed by atoms with Crippen LogP contribution in [0.3, 0.4) is 0 Å². The van der Waals surface area contributed by atoms with E-state index in [0.29, 0.717) is 23.1 Å². The number of unbranched alkanes of at least 4 members (excludes halogenated alkanes) is 2. The first-order chi connectivity index (χ1) is 17.6. The molecule has 0 amide bonds. The smallest absolute Gasteiger partial charge is 0.345 e. The van der Waals surface area contributed by atoms with E-state index >= 15 is 0 Å². The molecule has 0 saturated heterocycles. The summed E-state index contributed by atoms with van der Waals surface area (Å²) in [7, 11) is 0. The summed E-state index contributed by atoms with van der Waals surface area (Å²) in [6.07, 6.45) is 2.96. The first-order valence-electron chi connectivity index (χ1n) is 12.3. The lowest BCUT2D eigenvalue weighted by atomic mass is 9.90. The zero-order valence-corrected chi connectivity index (χ0v) is 21.1. The van der Waals surface area contributed by atoms with Crippen molar-refractivity contribution < 1.29 is 29.1 Å². The molecule has 0 saturated carbocycles. The number of cyclic esters (lactones) is 1. The van der Waals surface area contributed by atoms with Gasteiger partial charge in [0, 0.05) is 17.7 Å². The van der Waals surface area contributed by atoms with Crippen molar-refractivity contribution in [2.75, 3.05) is 0 Å². The van der Waals surface area contributed by atoms with Crippen LogP contribution in [0, 0.1) is 17.0 Å². The molecule has 0 fully saturated rings. The third-order valence-electron chi connectivity index (χ3n) is 6.43. The van der Waals surface area contributed by atoms with E-state index in [9.17, 15) is 24.8 Å². The second-order valence-corrected chi connectivity index (χ2v) is 9.39. The number of esters is 1. The summed E-state index contributed by atoms with van der Waals surface area (Å²) < 4.78 is 12.3. The van der Waals surface area contributed by atoms with Crippen molar-refractivity contribution in [3.63, 3.8) is 0 Å². The Hall–Kier alpha value is -4.20. The lowest BCUT2D eigenvalue weighted by Crippen LogP contribution is -2.44. The SMILES string of the molecule is CCCCCc1cc(O)c(-c2cccc(C)c2)c2c1C(=O)OC(CC(C)=O)(c1ccc([N+](=O)[O-])cc1)O2. The van der Waals surface area contributed by atoms with Crippen LogP contribution in [0.15, 0.2) is 54.6 Å². The number of phenolic OH excluding ortho intramolecular Hbond substituents is 1. The predicted molar refractivity (Wildman–Crippen MR) is 138 cm³/mol. The molecule has 0 aliphatic carbocycles. The van der Waals surface area contributed by atoms with Crippen molar-refractivity contribution in [1.82, 2.24) is 0 Å². The van der Waals surface area contributed by atoms with Crippen molar-refractivity contribution in [2.24, 2.45) is 0 Å². The Kier molecular flexibility index (Phi) is 7.29. The number of phenols is 1. The van der Waals surface area contributed by atoms with Gasteiger partial charge in [0.15, 0.2) is 5.75 Å². The van der Waals surface area contributed by atoms with Gasteiger partial charge in [-0.3, -0.25) is 14.9 Å². The molecule has 0 spiro atoms. The van der Waals surface area contributed by atoms with Crippen LogP contribution >= 0.6 is 0 Å². The number of ether oxygens (including phenoxy) is 2. The number of carbonyl (C=O) groups is 2. The number of hydrogen-bond donors (Lipinski definition) is 1. The molecule has 1 aliphatic heterocycles. The average molecular weight is 504 g/mol. The molecule has 3 aromatic carbocycles. The maximum absolute atomic E-state index is 13.6. The average Bonchev–Trinajstić information content (AvgIpc) is 2.83. The fourth-order valence-electron chi connectivity index (χ4n) is 4.71. The van der Waals surface area contributed by atoms with Gasteiger partial charge in [0.05, 0.1) is 16.9 Å². The first kappa shape index (κ1) is 25.9. The first-order valence-corrected chi connectivity index (χ1v) is 12.3. The van der Waals surface area contributed by atoms with Gasteiger partial charge in [-0.1, -0.05) is 49.6 Å². The van der Waals surface area contributed by atoms with Crippen LogP contribution in [0.4, 0.5) is 5.69 Å². The van der Waals surface area contributed by atoms with Crippen molar-refractivity contribution in [3.05, 3.63) is 87.0 Å². The Labute approximate surface area is 215 Å². The molecule has 0 radical (unpaired) electrons. The van der Waals surface area contributed by atoms with Gasteiger partial charge < -0.3 is 14.6 Å². The molecule has 192 valence electrons. The van der Waals surface area contributed by atoms with Gasteiger partial charge >= 0.3 is 5.97 Å². The highest BCUT2D eigenvalue weighted by atomic mass is 16.7. The standard InChI is InChI=1S/C29H29NO7/c1-4-5-6-9-21-16-24(32)25(20-10-7-8-18(2)15-20)27-26(21)28(33)37-29(36-27,17-19(3)31)22-11-13-23(14-12-22)30(34)35/h7-8,10-16,32H,4-6,9,17H2,1-3H3. The minimum Gasteiger partial charge on any atom is -0.507 e. The number of rotatable bonds is 9. The van der Waals surface area contributed by atoms with Gasteiger partial charge in [-0.25, -0.2) is 4.79 Å². The molecule has 3 aromatic rings. The Morgan fingerprint density at radius 3 is 2.41 bits per heavy atom. The Bertz CT molecular complexity index is 1360. The zero-order chi connectivity index (χ0) is 26.7. The van der Waals surface area contributed by atoms with Crippen molar-refractivity contribution in [2.45, 2.75) is 58.7 Å². The van der Waals surface area contributed by atoms with E-state index in [2.05, 4.69) is 6.92 Å². The second kappa shape index (κ2) is 10.4. The normalized spacial score (nSPS) is 16.5. The molecule has 0 aromatic heterocycles. The lowest BCUT2D eigenvalue weighted by molar-refractivity contribution is -0.384. The van der Waals surface area contributed by atoms with E-state index in [-0.39, 0.29) is 40.5 Å². The van der Waals surface area contributed by atoms with Crippen LogP contribution in [0.25, 0.3) is 11.1 Å². The van der Waals surface area contributed by atoms with Crippen molar-refractivity contribution in [1.29, 1.82) is 0 Å². The number of ketones is 1. The number of fused-ring (bicyclic) bond motifs is 1. The zero-order valence-electron chi connectivity index (χ0n) is 21.1. The highest BCUT2D eigenvalue weighted by molar-refractivity contribution is 6.00. The summed E-state index contributed by atoms with van der Waals surface area (Å²) in [5.74, 6) is -2.76. The topological polar surface area (TPSA) is 116 Å². The van der Waals surface area contributed by atoms with E-state index in [1.807, 2.05) is 25.1 Å². The van der Waals surface area contributed by atoms with Crippen LogP contribution in [0.1, 0.15) is 66.6 Å². The molecule has 1 aliphatic rings. The van der Waals surface area contributed by atoms with Gasteiger partial charge in [0.2, 0.25) is 0 Å². The summed E-state index contributed by atoms with van der Waals surface area (Å²) in [5, 5.41) is 22.4. The van der Waals surface area contributed by atoms with Gasteiger partial charge in [-0.15, -0.1) is 0 Å². The highest BCUT2D eigenvalue weighted by Crippen LogP contribution is 2.50. The van der Waals surface area contributed by atoms with E-state index in [4.69, 9.17) is 9.47 Å². The summed E-state index contributed by atoms with van der Waals surface area (Å²) in [6, 6.07) is 14.4. The molecule has 1 heterocycles. The molecule has 8 heteroatoms. The molecule has 37 heavy (non-hydrogen) atoms. The predicted octanol–water partition coefficient (Wildman–Crippen LogP) is 6.39. The van der Waals surface area contributed by atoms with Crippen LogP contribution in [0.2, 0.25) is 0 Å².